The van der Waals surface area contributed by atoms with E-state index in [4.69, 9.17) is 23.2 Å². The summed E-state index contributed by atoms with van der Waals surface area (Å²) in [5, 5.41) is 3.44. The van der Waals surface area contributed by atoms with Gasteiger partial charge in [0.15, 0.2) is 0 Å². The molecule has 1 fully saturated rings. The predicted octanol–water partition coefficient (Wildman–Crippen LogP) is 4.76. The molecule has 3 rings (SSSR count). The van der Waals surface area contributed by atoms with Gasteiger partial charge in [0, 0.05) is 22.6 Å². The highest BCUT2D eigenvalue weighted by atomic mass is 35.5. The van der Waals surface area contributed by atoms with Crippen LogP contribution >= 0.6 is 23.2 Å². The molecule has 2 amide bonds. The van der Waals surface area contributed by atoms with Gasteiger partial charge in [0.25, 0.3) is 0 Å². The van der Waals surface area contributed by atoms with Gasteiger partial charge < -0.3 is 10.2 Å². The minimum Gasteiger partial charge on any atom is -0.352 e. The van der Waals surface area contributed by atoms with Gasteiger partial charge in [-0.1, -0.05) is 54.6 Å². The lowest BCUT2D eigenvalue weighted by Crippen LogP contribution is -2.52. The average molecular weight is 559 g/mol. The van der Waals surface area contributed by atoms with Gasteiger partial charge in [-0.15, -0.1) is 0 Å². The van der Waals surface area contributed by atoms with Crippen LogP contribution in [0.1, 0.15) is 44.6 Å². The number of hydrogen-bond acceptors (Lipinski definition) is 4. The number of carbonyl (C=O) groups is 2. The summed E-state index contributed by atoms with van der Waals surface area (Å²) in [4.78, 5) is 28.0. The van der Waals surface area contributed by atoms with Crippen LogP contribution in [-0.4, -0.2) is 50.0 Å². The fourth-order valence-electron chi connectivity index (χ4n) is 4.23. The summed E-state index contributed by atoms with van der Waals surface area (Å²) in [6.07, 6.45) is 5.92. The van der Waals surface area contributed by atoms with E-state index in [0.29, 0.717) is 5.56 Å². The van der Waals surface area contributed by atoms with E-state index in [1.807, 2.05) is 0 Å². The van der Waals surface area contributed by atoms with E-state index in [0.717, 1.165) is 42.7 Å². The summed E-state index contributed by atoms with van der Waals surface area (Å²) in [6, 6.07) is 8.96. The second kappa shape index (κ2) is 12.3. The number of halogens is 3. The lowest BCUT2D eigenvalue weighted by molar-refractivity contribution is -0.139. The number of amides is 2. The molecule has 2 aromatic carbocycles. The molecule has 1 aliphatic rings. The number of nitrogens with one attached hydrogen (secondary N) is 1. The van der Waals surface area contributed by atoms with Crippen LogP contribution in [0.15, 0.2) is 42.5 Å². The number of nitrogens with zero attached hydrogens (tertiary/aromatic N) is 2. The van der Waals surface area contributed by atoms with Crippen LogP contribution < -0.4 is 9.62 Å². The molecule has 1 saturated carbocycles. The van der Waals surface area contributed by atoms with Crippen LogP contribution in [0, 0.1) is 5.82 Å². The van der Waals surface area contributed by atoms with E-state index in [2.05, 4.69) is 5.32 Å². The van der Waals surface area contributed by atoms with Gasteiger partial charge in [-0.2, -0.15) is 0 Å². The summed E-state index contributed by atoms with van der Waals surface area (Å²) in [5.74, 6) is -1.36. The Morgan fingerprint density at radius 2 is 1.64 bits per heavy atom. The molecule has 0 aliphatic heterocycles. The molecule has 0 spiro atoms. The number of anilines is 1. The highest BCUT2D eigenvalue weighted by Gasteiger charge is 2.31. The van der Waals surface area contributed by atoms with Gasteiger partial charge in [0.2, 0.25) is 21.8 Å². The molecule has 0 saturated heterocycles. The molecule has 1 N–H and O–H groups in total. The molecule has 1 atom stereocenters. The van der Waals surface area contributed by atoms with Crippen LogP contribution in [-0.2, 0) is 26.2 Å². The van der Waals surface area contributed by atoms with E-state index in [9.17, 15) is 22.4 Å². The molecule has 0 unspecified atom stereocenters. The first-order valence-electron chi connectivity index (χ1n) is 11.7. The Balaban J connectivity index is 1.88. The topological polar surface area (TPSA) is 86.8 Å². The number of rotatable bonds is 9. The van der Waals surface area contributed by atoms with Gasteiger partial charge in [-0.05, 0) is 55.7 Å². The van der Waals surface area contributed by atoms with Crippen molar-refractivity contribution in [1.82, 2.24) is 10.2 Å². The van der Waals surface area contributed by atoms with Crippen LogP contribution in [0.2, 0.25) is 10.0 Å². The van der Waals surface area contributed by atoms with Crippen molar-refractivity contribution in [2.24, 2.45) is 0 Å². The minimum atomic E-state index is -3.91. The summed E-state index contributed by atoms with van der Waals surface area (Å²) < 4.78 is 39.6. The molecule has 1 aliphatic carbocycles. The van der Waals surface area contributed by atoms with Crippen molar-refractivity contribution in [1.29, 1.82) is 0 Å². The van der Waals surface area contributed by atoms with Crippen LogP contribution in [0.5, 0.6) is 0 Å². The fraction of sp³-hybridized carbons (Fsp3) is 0.440. The van der Waals surface area contributed by atoms with Crippen LogP contribution in [0.3, 0.4) is 0 Å². The largest absolute Gasteiger partial charge is 0.352 e. The Morgan fingerprint density at radius 3 is 2.19 bits per heavy atom. The predicted molar refractivity (Wildman–Crippen MR) is 140 cm³/mol. The van der Waals surface area contributed by atoms with Gasteiger partial charge in [-0.3, -0.25) is 13.9 Å². The Labute approximate surface area is 221 Å². The second-order valence-electron chi connectivity index (χ2n) is 9.06. The number of sulfonamides is 1. The summed E-state index contributed by atoms with van der Waals surface area (Å²) in [6.45, 7) is 1.02. The third kappa shape index (κ3) is 7.82. The SMILES string of the molecule is C[C@@H](C(=O)NC1CCCCC1)N(Cc1ccc(F)cc1)C(=O)CN(c1cc(Cl)cc(Cl)c1)S(C)(=O)=O. The molecule has 0 aromatic heterocycles. The molecule has 0 radical (unpaired) electrons. The first kappa shape index (κ1) is 28.2. The molecule has 0 heterocycles. The number of carbonyl (C=O) groups excluding carboxylic acids is 2. The molecular formula is C25H30Cl2FN3O4S. The minimum absolute atomic E-state index is 0.00767. The smallest absolute Gasteiger partial charge is 0.244 e. The van der Waals surface area contributed by atoms with Gasteiger partial charge in [-0.25, -0.2) is 12.8 Å². The van der Waals surface area contributed by atoms with Crippen LogP contribution in [0.25, 0.3) is 0 Å². The molecule has 7 nitrogen and oxygen atoms in total. The Bertz CT molecular complexity index is 1170. The molecule has 11 heteroatoms. The van der Waals surface area contributed by atoms with Crippen molar-refractivity contribution >= 4 is 50.7 Å². The number of benzene rings is 2. The maximum Gasteiger partial charge on any atom is 0.244 e. The second-order valence-corrected chi connectivity index (χ2v) is 11.8. The maximum atomic E-state index is 13.6. The Hall–Kier alpha value is -2.36. The number of hydrogen-bond donors (Lipinski definition) is 1. The van der Waals surface area contributed by atoms with Crippen molar-refractivity contribution in [3.8, 4) is 0 Å². The summed E-state index contributed by atoms with van der Waals surface area (Å²) in [5.41, 5.74) is 0.725. The molecule has 2 aromatic rings. The zero-order chi connectivity index (χ0) is 26.5. The van der Waals surface area contributed by atoms with Crippen molar-refractivity contribution in [3.05, 3.63) is 63.9 Å². The van der Waals surface area contributed by atoms with Gasteiger partial charge >= 0.3 is 0 Å². The lowest BCUT2D eigenvalue weighted by Gasteiger charge is -2.33. The van der Waals surface area contributed by atoms with Crippen molar-refractivity contribution < 1.29 is 22.4 Å². The first-order chi connectivity index (χ1) is 16.9. The van der Waals surface area contributed by atoms with E-state index in [1.165, 1.54) is 47.4 Å². The standard InChI is InChI=1S/C25H30Cl2FN3O4S/c1-17(25(33)29-22-6-4-3-5-7-22)30(15-18-8-10-21(28)11-9-18)24(32)16-31(36(2,34)35)23-13-19(26)12-20(27)14-23/h8-14,17,22H,3-7,15-16H2,1-2H3,(H,29,33)/t17-/m0/s1. The van der Waals surface area contributed by atoms with Crippen LogP contribution in [0.4, 0.5) is 10.1 Å². The van der Waals surface area contributed by atoms with Crippen molar-refractivity contribution in [2.75, 3.05) is 17.1 Å². The normalized spacial score (nSPS) is 15.2. The quantitative estimate of drug-likeness (QED) is 0.481. The zero-order valence-corrected chi connectivity index (χ0v) is 22.5. The lowest BCUT2D eigenvalue weighted by atomic mass is 9.95. The average Bonchev–Trinajstić information content (AvgIpc) is 2.80. The summed E-state index contributed by atoms with van der Waals surface area (Å²) in [7, 11) is -3.91. The highest BCUT2D eigenvalue weighted by Crippen LogP contribution is 2.27. The molecule has 196 valence electrons. The summed E-state index contributed by atoms with van der Waals surface area (Å²) >= 11 is 12.1. The van der Waals surface area contributed by atoms with Gasteiger partial charge in [0.05, 0.1) is 11.9 Å². The Kier molecular flexibility index (Phi) is 9.60. The van der Waals surface area contributed by atoms with E-state index < -0.39 is 34.3 Å². The highest BCUT2D eigenvalue weighted by molar-refractivity contribution is 7.92. The van der Waals surface area contributed by atoms with Crippen molar-refractivity contribution in [3.63, 3.8) is 0 Å². The zero-order valence-electron chi connectivity index (χ0n) is 20.2. The Morgan fingerprint density at radius 1 is 1.06 bits per heavy atom. The third-order valence-corrected chi connectivity index (χ3v) is 7.78. The van der Waals surface area contributed by atoms with Gasteiger partial charge in [0.1, 0.15) is 18.4 Å². The van der Waals surface area contributed by atoms with Crippen molar-refractivity contribution in [2.45, 2.75) is 57.7 Å². The monoisotopic (exact) mass is 557 g/mol. The molecule has 0 bridgehead atoms. The van der Waals surface area contributed by atoms with E-state index in [-0.39, 0.29) is 34.2 Å². The molecule has 36 heavy (non-hydrogen) atoms. The maximum absolute atomic E-state index is 13.6. The third-order valence-electron chi connectivity index (χ3n) is 6.20. The first-order valence-corrected chi connectivity index (χ1v) is 14.3. The molecular weight excluding hydrogens is 528 g/mol. The van der Waals surface area contributed by atoms with E-state index in [1.54, 1.807) is 6.92 Å². The van der Waals surface area contributed by atoms with E-state index >= 15 is 0 Å². The fourth-order valence-corrected chi connectivity index (χ4v) is 5.58.